The van der Waals surface area contributed by atoms with Gasteiger partial charge in [0.1, 0.15) is 17.1 Å². The molecule has 0 unspecified atom stereocenters. The van der Waals surface area contributed by atoms with E-state index < -0.39 is 0 Å². The molecule has 2 heterocycles. The van der Waals surface area contributed by atoms with Gasteiger partial charge in [0, 0.05) is 11.8 Å². The Balaban J connectivity index is 1.56. The summed E-state index contributed by atoms with van der Waals surface area (Å²) in [4.78, 5) is 8.81. The number of furan rings is 1. The van der Waals surface area contributed by atoms with Crippen molar-refractivity contribution >= 4 is 29.1 Å². The zero-order valence-corrected chi connectivity index (χ0v) is 13.1. The summed E-state index contributed by atoms with van der Waals surface area (Å²) >= 11 is 0. The molecule has 0 aliphatic heterocycles. The molecule has 2 aromatic heterocycles. The van der Waals surface area contributed by atoms with E-state index in [1.807, 2.05) is 36.4 Å². The van der Waals surface area contributed by atoms with Gasteiger partial charge in [0.05, 0.1) is 12.0 Å². The molecule has 0 amide bonds. The van der Waals surface area contributed by atoms with E-state index in [2.05, 4.69) is 9.98 Å². The van der Waals surface area contributed by atoms with Crippen LogP contribution in [0.2, 0.25) is 0 Å². The molecular weight excluding hydrogens is 319 g/mol. The molecule has 0 spiro atoms. The molecule has 4 aromatic rings. The molecule has 122 valence electrons. The predicted molar refractivity (Wildman–Crippen MR) is 95.3 cm³/mol. The lowest BCUT2D eigenvalue weighted by Gasteiger charge is -1.93. The first-order chi connectivity index (χ1) is 12.3. The fraction of sp³-hybridized carbons (Fsp3) is 0. The number of hydrogen-bond donors (Lipinski definition) is 0. The quantitative estimate of drug-likeness (QED) is 0.454. The number of fused-ring (bicyclic) bond motifs is 1. The van der Waals surface area contributed by atoms with Crippen molar-refractivity contribution in [2.24, 2.45) is 4.99 Å². The minimum absolute atomic E-state index is 0.293. The van der Waals surface area contributed by atoms with Crippen molar-refractivity contribution in [2.75, 3.05) is 0 Å². The van der Waals surface area contributed by atoms with E-state index >= 15 is 0 Å². The molecule has 4 rings (SSSR count). The molecule has 0 N–H and O–H groups in total. The van der Waals surface area contributed by atoms with Gasteiger partial charge < -0.3 is 8.83 Å². The Hall–Kier alpha value is -3.47. The molecule has 0 atom stereocenters. The van der Waals surface area contributed by atoms with Crippen LogP contribution in [0.5, 0.6) is 0 Å². The topological polar surface area (TPSA) is 51.5 Å². The van der Waals surface area contributed by atoms with Crippen LogP contribution in [0, 0.1) is 5.82 Å². The van der Waals surface area contributed by atoms with Gasteiger partial charge in [0.2, 0.25) is 5.89 Å². The van der Waals surface area contributed by atoms with Gasteiger partial charge in [-0.2, -0.15) is 0 Å². The lowest BCUT2D eigenvalue weighted by Crippen LogP contribution is -1.78. The number of aromatic nitrogens is 1. The number of oxazole rings is 1. The van der Waals surface area contributed by atoms with E-state index in [9.17, 15) is 4.39 Å². The van der Waals surface area contributed by atoms with Gasteiger partial charge in [-0.3, -0.25) is 4.99 Å². The molecule has 0 radical (unpaired) electrons. The first-order valence-corrected chi connectivity index (χ1v) is 7.69. The Morgan fingerprint density at radius 2 is 1.92 bits per heavy atom. The number of aliphatic imine (C=N–C) groups is 1. The fourth-order valence-corrected chi connectivity index (χ4v) is 2.37. The van der Waals surface area contributed by atoms with Crippen molar-refractivity contribution in [3.63, 3.8) is 0 Å². The number of halogens is 1. The molecule has 0 saturated carbocycles. The summed E-state index contributed by atoms with van der Waals surface area (Å²) in [6.45, 7) is 0. The Morgan fingerprint density at radius 3 is 2.72 bits per heavy atom. The van der Waals surface area contributed by atoms with Gasteiger partial charge in [0.15, 0.2) is 5.58 Å². The molecule has 0 aliphatic carbocycles. The Kier molecular flexibility index (Phi) is 3.96. The molecule has 0 fully saturated rings. The van der Waals surface area contributed by atoms with Crippen LogP contribution < -0.4 is 0 Å². The van der Waals surface area contributed by atoms with Gasteiger partial charge in [-0.1, -0.05) is 0 Å². The van der Waals surface area contributed by atoms with E-state index in [-0.39, 0.29) is 5.82 Å². The predicted octanol–water partition coefficient (Wildman–Crippen LogP) is 5.64. The first-order valence-electron chi connectivity index (χ1n) is 7.69. The van der Waals surface area contributed by atoms with Crippen molar-refractivity contribution < 1.29 is 13.2 Å². The summed E-state index contributed by atoms with van der Waals surface area (Å²) in [7, 11) is 0. The second-order valence-electron chi connectivity index (χ2n) is 5.33. The van der Waals surface area contributed by atoms with E-state index in [0.29, 0.717) is 17.0 Å². The highest BCUT2D eigenvalue weighted by atomic mass is 19.1. The summed E-state index contributed by atoms with van der Waals surface area (Å²) < 4.78 is 23.9. The van der Waals surface area contributed by atoms with Crippen molar-refractivity contribution in [3.8, 4) is 11.5 Å². The maximum atomic E-state index is 13.0. The van der Waals surface area contributed by atoms with E-state index in [1.165, 1.54) is 12.1 Å². The Labute approximate surface area is 143 Å². The third kappa shape index (κ3) is 3.40. The van der Waals surface area contributed by atoms with Crippen molar-refractivity contribution in [1.82, 2.24) is 4.98 Å². The summed E-state index contributed by atoms with van der Waals surface area (Å²) in [5.74, 6) is 0.926. The number of nitrogens with zero attached hydrogens (tertiary/aromatic N) is 2. The SMILES string of the molecule is Fc1ccc(-c2nc3cc(N=C/C=C/c4ccco4)ccc3o2)cc1. The van der Waals surface area contributed by atoms with Gasteiger partial charge in [-0.15, -0.1) is 0 Å². The maximum Gasteiger partial charge on any atom is 0.227 e. The minimum Gasteiger partial charge on any atom is -0.465 e. The smallest absolute Gasteiger partial charge is 0.227 e. The van der Waals surface area contributed by atoms with E-state index in [1.54, 1.807) is 30.7 Å². The van der Waals surface area contributed by atoms with Crippen LogP contribution in [0.4, 0.5) is 10.1 Å². The maximum absolute atomic E-state index is 13.0. The number of hydrogen-bond acceptors (Lipinski definition) is 4. The Bertz CT molecular complexity index is 1050. The highest BCUT2D eigenvalue weighted by Gasteiger charge is 2.08. The van der Waals surface area contributed by atoms with Gasteiger partial charge in [0.25, 0.3) is 0 Å². The van der Waals surface area contributed by atoms with Crippen molar-refractivity contribution in [2.45, 2.75) is 0 Å². The Morgan fingerprint density at radius 1 is 1.04 bits per heavy atom. The highest BCUT2D eigenvalue weighted by molar-refractivity contribution is 5.83. The van der Waals surface area contributed by atoms with Crippen molar-refractivity contribution in [3.05, 3.63) is 78.5 Å². The molecule has 0 saturated heterocycles. The third-order valence-corrected chi connectivity index (χ3v) is 3.58. The minimum atomic E-state index is -0.293. The zero-order valence-electron chi connectivity index (χ0n) is 13.1. The number of rotatable bonds is 4. The summed E-state index contributed by atoms with van der Waals surface area (Å²) in [6, 6.07) is 15.2. The molecular formula is C20H13FN2O2. The van der Waals surface area contributed by atoms with Crippen LogP contribution in [0.15, 0.2) is 80.8 Å². The fourth-order valence-electron chi connectivity index (χ4n) is 2.37. The van der Waals surface area contributed by atoms with E-state index in [4.69, 9.17) is 8.83 Å². The second-order valence-corrected chi connectivity index (χ2v) is 5.33. The molecule has 4 nitrogen and oxygen atoms in total. The molecule has 0 bridgehead atoms. The van der Waals surface area contributed by atoms with Gasteiger partial charge in [-0.05, 0) is 66.7 Å². The van der Waals surface area contributed by atoms with Crippen LogP contribution in [0.3, 0.4) is 0 Å². The van der Waals surface area contributed by atoms with Gasteiger partial charge >= 0.3 is 0 Å². The van der Waals surface area contributed by atoms with Crippen molar-refractivity contribution in [1.29, 1.82) is 0 Å². The third-order valence-electron chi connectivity index (χ3n) is 3.58. The van der Waals surface area contributed by atoms with Crippen LogP contribution >= 0.6 is 0 Å². The van der Waals surface area contributed by atoms with Crippen LogP contribution in [0.1, 0.15) is 5.76 Å². The second kappa shape index (κ2) is 6.57. The van der Waals surface area contributed by atoms with E-state index in [0.717, 1.165) is 17.0 Å². The standard InChI is InChI=1S/C20H13FN2O2/c21-15-7-5-14(6-8-15)20-23-18-13-16(9-10-19(18)25-20)22-11-1-3-17-4-2-12-24-17/h1-13H/b3-1+,22-11?. The summed E-state index contributed by atoms with van der Waals surface area (Å²) in [5.41, 5.74) is 2.84. The normalized spacial score (nSPS) is 11.9. The van der Waals surface area contributed by atoms with Crippen LogP contribution in [-0.2, 0) is 0 Å². The number of allylic oxidation sites excluding steroid dienone is 1. The molecule has 0 aliphatic rings. The monoisotopic (exact) mass is 332 g/mol. The average Bonchev–Trinajstić information content (AvgIpc) is 3.28. The molecule has 5 heteroatoms. The van der Waals surface area contributed by atoms with Crippen LogP contribution in [0.25, 0.3) is 28.6 Å². The average molecular weight is 332 g/mol. The molecule has 2 aromatic carbocycles. The summed E-state index contributed by atoms with van der Waals surface area (Å²) in [5, 5.41) is 0. The largest absolute Gasteiger partial charge is 0.465 e. The lowest BCUT2D eigenvalue weighted by atomic mass is 10.2. The first kappa shape index (κ1) is 15.1. The highest BCUT2D eigenvalue weighted by Crippen LogP contribution is 2.27. The summed E-state index contributed by atoms with van der Waals surface area (Å²) in [6.07, 6.45) is 6.93. The van der Waals surface area contributed by atoms with Gasteiger partial charge in [-0.25, -0.2) is 9.37 Å². The van der Waals surface area contributed by atoms with Crippen LogP contribution in [-0.4, -0.2) is 11.2 Å². The zero-order chi connectivity index (χ0) is 17.1. The number of benzene rings is 2. The molecule has 25 heavy (non-hydrogen) atoms. The lowest BCUT2D eigenvalue weighted by molar-refractivity contribution is 0.557.